The fraction of sp³-hybridized carbons (Fsp3) is 0.250. The average Bonchev–Trinajstić information content (AvgIpc) is 2.48. The molecule has 5 heteroatoms. The number of nitriles is 1. The normalized spacial score (nSPS) is 11.7. The Morgan fingerprint density at radius 3 is 2.76 bits per heavy atom. The largest absolute Gasteiger partial charge is 0.439 e. The van der Waals surface area contributed by atoms with E-state index in [2.05, 4.69) is 17.2 Å². The van der Waals surface area contributed by atoms with Crippen LogP contribution in [0.2, 0.25) is 0 Å². The quantitative estimate of drug-likeness (QED) is 0.912. The van der Waals surface area contributed by atoms with Crippen LogP contribution in [0.25, 0.3) is 0 Å². The Morgan fingerprint density at radius 2 is 2.19 bits per heavy atom. The van der Waals surface area contributed by atoms with E-state index in [1.807, 2.05) is 13.0 Å². The van der Waals surface area contributed by atoms with Crippen LogP contribution < -0.4 is 10.1 Å². The van der Waals surface area contributed by atoms with Gasteiger partial charge in [-0.05, 0) is 31.2 Å². The highest BCUT2D eigenvalue weighted by Crippen LogP contribution is 2.22. The Kier molecular flexibility index (Phi) is 4.85. The first kappa shape index (κ1) is 14.9. The highest BCUT2D eigenvalue weighted by atomic mass is 19.1. The van der Waals surface area contributed by atoms with Crippen LogP contribution in [0.5, 0.6) is 11.6 Å². The lowest BCUT2D eigenvalue weighted by Gasteiger charge is -2.12. The summed E-state index contributed by atoms with van der Waals surface area (Å²) in [6.07, 6.45) is 1.72. The molecule has 0 fully saturated rings. The van der Waals surface area contributed by atoms with Gasteiger partial charge >= 0.3 is 0 Å². The van der Waals surface area contributed by atoms with Crippen molar-refractivity contribution in [3.05, 3.63) is 53.5 Å². The molecule has 108 valence electrons. The van der Waals surface area contributed by atoms with Crippen LogP contribution in [-0.4, -0.2) is 11.5 Å². The number of benzene rings is 1. The molecule has 1 unspecified atom stereocenters. The Bertz CT molecular complexity index is 650. The standard InChI is InChI=1S/C16H16FN3O/c1-3-19-11(2)13-5-7-16(20-10-13)21-14-6-4-12(9-18)15(17)8-14/h4-8,10-11,19H,3H2,1-2H3. The molecule has 4 nitrogen and oxygen atoms in total. The van der Waals surface area contributed by atoms with Crippen molar-refractivity contribution in [2.24, 2.45) is 0 Å². The van der Waals surface area contributed by atoms with E-state index < -0.39 is 5.82 Å². The van der Waals surface area contributed by atoms with Gasteiger partial charge in [0.2, 0.25) is 5.88 Å². The maximum Gasteiger partial charge on any atom is 0.219 e. The summed E-state index contributed by atoms with van der Waals surface area (Å²) < 4.78 is 18.9. The fourth-order valence-corrected chi connectivity index (χ4v) is 1.90. The smallest absolute Gasteiger partial charge is 0.219 e. The number of pyridine rings is 1. The fourth-order valence-electron chi connectivity index (χ4n) is 1.90. The number of nitrogens with one attached hydrogen (secondary N) is 1. The second-order valence-electron chi connectivity index (χ2n) is 4.56. The molecule has 0 spiro atoms. The van der Waals surface area contributed by atoms with E-state index in [9.17, 15) is 4.39 Å². The molecule has 2 aromatic rings. The zero-order valence-electron chi connectivity index (χ0n) is 11.9. The van der Waals surface area contributed by atoms with Crippen LogP contribution in [0.3, 0.4) is 0 Å². The molecule has 0 amide bonds. The number of ether oxygens (including phenoxy) is 1. The predicted octanol–water partition coefficient (Wildman–Crippen LogP) is 3.56. The van der Waals surface area contributed by atoms with Crippen LogP contribution in [0.4, 0.5) is 4.39 Å². The summed E-state index contributed by atoms with van der Waals surface area (Å²) in [4.78, 5) is 4.20. The van der Waals surface area contributed by atoms with Crippen LogP contribution in [0.1, 0.15) is 31.0 Å². The molecule has 0 aliphatic carbocycles. The lowest BCUT2D eigenvalue weighted by atomic mass is 10.1. The van der Waals surface area contributed by atoms with Gasteiger partial charge in [-0.2, -0.15) is 5.26 Å². The van der Waals surface area contributed by atoms with Crippen LogP contribution >= 0.6 is 0 Å². The van der Waals surface area contributed by atoms with E-state index >= 15 is 0 Å². The third kappa shape index (κ3) is 3.77. The number of rotatable bonds is 5. The first-order valence-electron chi connectivity index (χ1n) is 6.71. The average molecular weight is 285 g/mol. The van der Waals surface area contributed by atoms with Gasteiger partial charge in [0.15, 0.2) is 0 Å². The molecule has 2 rings (SSSR count). The Morgan fingerprint density at radius 1 is 1.38 bits per heavy atom. The van der Waals surface area contributed by atoms with Crippen LogP contribution in [0, 0.1) is 17.1 Å². The molecule has 0 radical (unpaired) electrons. The van der Waals surface area contributed by atoms with Gasteiger partial charge < -0.3 is 10.1 Å². The molecular weight excluding hydrogens is 269 g/mol. The minimum absolute atomic E-state index is 0.00915. The van der Waals surface area contributed by atoms with Gasteiger partial charge in [0.05, 0.1) is 5.56 Å². The van der Waals surface area contributed by atoms with Crippen molar-refractivity contribution < 1.29 is 9.13 Å². The minimum atomic E-state index is -0.604. The van der Waals surface area contributed by atoms with Gasteiger partial charge in [0.1, 0.15) is 17.6 Å². The van der Waals surface area contributed by atoms with Gasteiger partial charge in [0.25, 0.3) is 0 Å². The Labute approximate surface area is 123 Å². The first-order chi connectivity index (χ1) is 10.1. The van der Waals surface area contributed by atoms with Gasteiger partial charge in [-0.25, -0.2) is 9.37 Å². The molecule has 1 atom stereocenters. The van der Waals surface area contributed by atoms with E-state index in [1.165, 1.54) is 12.1 Å². The zero-order chi connectivity index (χ0) is 15.2. The SMILES string of the molecule is CCNC(C)c1ccc(Oc2ccc(C#N)c(F)c2)nc1. The van der Waals surface area contributed by atoms with Crippen LogP contribution in [-0.2, 0) is 0 Å². The third-order valence-electron chi connectivity index (χ3n) is 3.05. The van der Waals surface area contributed by atoms with Gasteiger partial charge in [-0.3, -0.25) is 0 Å². The van der Waals surface area contributed by atoms with Crippen LogP contribution in [0.15, 0.2) is 36.5 Å². The minimum Gasteiger partial charge on any atom is -0.439 e. The summed E-state index contributed by atoms with van der Waals surface area (Å²) in [5, 5.41) is 12.0. The highest BCUT2D eigenvalue weighted by Gasteiger charge is 2.07. The molecule has 0 saturated carbocycles. The van der Waals surface area contributed by atoms with E-state index in [1.54, 1.807) is 24.4 Å². The van der Waals surface area contributed by atoms with E-state index in [-0.39, 0.29) is 11.6 Å². The van der Waals surface area contributed by atoms with Crippen molar-refractivity contribution in [2.45, 2.75) is 19.9 Å². The summed E-state index contributed by atoms with van der Waals surface area (Å²) in [7, 11) is 0. The number of hydrogen-bond donors (Lipinski definition) is 1. The molecule has 0 saturated heterocycles. The summed E-state index contributed by atoms with van der Waals surface area (Å²) in [5.74, 6) is 0.0884. The number of halogens is 1. The molecule has 1 heterocycles. The van der Waals surface area contributed by atoms with Crippen molar-refractivity contribution in [2.75, 3.05) is 6.54 Å². The van der Waals surface area contributed by atoms with Gasteiger partial charge in [-0.1, -0.05) is 13.0 Å². The van der Waals surface area contributed by atoms with E-state index in [0.717, 1.165) is 12.1 Å². The van der Waals surface area contributed by atoms with Crippen molar-refractivity contribution in [3.8, 4) is 17.7 Å². The number of nitrogens with zero attached hydrogens (tertiary/aromatic N) is 2. The molecule has 1 aromatic carbocycles. The third-order valence-corrected chi connectivity index (χ3v) is 3.05. The number of aromatic nitrogens is 1. The predicted molar refractivity (Wildman–Crippen MR) is 77.5 cm³/mol. The maximum absolute atomic E-state index is 13.5. The summed E-state index contributed by atoms with van der Waals surface area (Å²) in [6.45, 7) is 4.97. The lowest BCUT2D eigenvalue weighted by Crippen LogP contribution is -2.17. The van der Waals surface area contributed by atoms with Gasteiger partial charge in [-0.15, -0.1) is 0 Å². The van der Waals surface area contributed by atoms with E-state index in [4.69, 9.17) is 10.00 Å². The monoisotopic (exact) mass is 285 g/mol. The molecule has 0 aliphatic rings. The van der Waals surface area contributed by atoms with Crippen molar-refractivity contribution in [1.29, 1.82) is 5.26 Å². The summed E-state index contributed by atoms with van der Waals surface area (Å²) >= 11 is 0. The van der Waals surface area contributed by atoms with Crippen molar-refractivity contribution >= 4 is 0 Å². The van der Waals surface area contributed by atoms with Gasteiger partial charge in [0, 0.05) is 24.4 Å². The van der Waals surface area contributed by atoms with Crippen molar-refractivity contribution in [3.63, 3.8) is 0 Å². The summed E-state index contributed by atoms with van der Waals surface area (Å²) in [5.41, 5.74) is 1.04. The topological polar surface area (TPSA) is 57.9 Å². The molecule has 1 N–H and O–H groups in total. The maximum atomic E-state index is 13.5. The second-order valence-corrected chi connectivity index (χ2v) is 4.56. The van der Waals surface area contributed by atoms with E-state index in [0.29, 0.717) is 11.6 Å². The van der Waals surface area contributed by atoms with Crippen molar-refractivity contribution in [1.82, 2.24) is 10.3 Å². The lowest BCUT2D eigenvalue weighted by molar-refractivity contribution is 0.456. The molecule has 1 aromatic heterocycles. The Balaban J connectivity index is 2.10. The molecule has 21 heavy (non-hydrogen) atoms. The summed E-state index contributed by atoms with van der Waals surface area (Å²) in [6, 6.07) is 9.72. The zero-order valence-corrected chi connectivity index (χ0v) is 11.9. The second kappa shape index (κ2) is 6.82. The highest BCUT2D eigenvalue weighted by molar-refractivity contribution is 5.37. The number of hydrogen-bond acceptors (Lipinski definition) is 4. The molecule has 0 bridgehead atoms. The molecular formula is C16H16FN3O. The molecule has 0 aliphatic heterocycles. The Hall–Kier alpha value is -2.45. The first-order valence-corrected chi connectivity index (χ1v) is 6.71.